The van der Waals surface area contributed by atoms with Gasteiger partial charge < -0.3 is 9.47 Å². The van der Waals surface area contributed by atoms with E-state index in [0.29, 0.717) is 33.2 Å². The molecule has 0 saturated carbocycles. The minimum Gasteiger partial charge on any atom is -0.488 e. The van der Waals surface area contributed by atoms with Gasteiger partial charge in [-0.1, -0.05) is 72.8 Å². The van der Waals surface area contributed by atoms with Crippen LogP contribution in [0.3, 0.4) is 0 Å². The Bertz CT molecular complexity index is 991. The summed E-state index contributed by atoms with van der Waals surface area (Å²) >= 11 is 12.5. The Morgan fingerprint density at radius 3 is 2.68 bits per heavy atom. The smallest absolute Gasteiger partial charge is 0.307 e. The van der Waals surface area contributed by atoms with E-state index in [1.807, 2.05) is 55.5 Å². The Kier molecular flexibility index (Phi) is 8.51. The largest absolute Gasteiger partial charge is 0.488 e. The van der Waals surface area contributed by atoms with E-state index in [0.717, 1.165) is 17.5 Å². The standard InChI is InChI=1S/C23H22ClNO4S2/c1-2-13-28-21(26)11-12-25-22(27)20(31-23(25)30)14-17-5-3-4-6-19(17)29-15-16-7-9-18(24)10-8-16/h3-10,14H,2,11-13,15H2,1H3/b20-14+. The van der Waals surface area contributed by atoms with E-state index in [2.05, 4.69) is 0 Å². The van der Waals surface area contributed by atoms with Crippen LogP contribution in [0.15, 0.2) is 53.4 Å². The van der Waals surface area contributed by atoms with E-state index in [-0.39, 0.29) is 24.8 Å². The van der Waals surface area contributed by atoms with E-state index in [9.17, 15) is 9.59 Å². The van der Waals surface area contributed by atoms with Gasteiger partial charge >= 0.3 is 5.97 Å². The molecule has 2 aromatic rings. The molecule has 0 unspecified atom stereocenters. The molecule has 1 fully saturated rings. The third-order valence-electron chi connectivity index (χ3n) is 4.39. The third kappa shape index (κ3) is 6.56. The Hall–Kier alpha value is -2.35. The van der Waals surface area contributed by atoms with Gasteiger partial charge in [0.05, 0.1) is 17.9 Å². The zero-order chi connectivity index (χ0) is 22.2. The maximum Gasteiger partial charge on any atom is 0.307 e. The second-order valence-corrected chi connectivity index (χ2v) is 8.87. The second kappa shape index (κ2) is 11.3. The molecule has 1 amide bonds. The molecule has 5 nitrogen and oxygen atoms in total. The number of thioether (sulfide) groups is 1. The molecule has 162 valence electrons. The topological polar surface area (TPSA) is 55.8 Å². The van der Waals surface area contributed by atoms with Crippen molar-refractivity contribution in [2.24, 2.45) is 0 Å². The number of hydrogen-bond donors (Lipinski definition) is 0. The summed E-state index contributed by atoms with van der Waals surface area (Å²) in [4.78, 5) is 26.5. The predicted octanol–water partition coefficient (Wildman–Crippen LogP) is 5.46. The predicted molar refractivity (Wildman–Crippen MR) is 128 cm³/mol. The minimum atomic E-state index is -0.333. The molecule has 0 aromatic heterocycles. The number of thiocarbonyl (C=S) groups is 1. The first kappa shape index (κ1) is 23.3. The highest BCUT2D eigenvalue weighted by atomic mass is 35.5. The number of para-hydroxylation sites is 1. The zero-order valence-corrected chi connectivity index (χ0v) is 19.4. The van der Waals surface area contributed by atoms with Gasteiger partial charge in [-0.3, -0.25) is 14.5 Å². The van der Waals surface area contributed by atoms with Gasteiger partial charge in [0.2, 0.25) is 0 Å². The molecule has 0 aliphatic carbocycles. The van der Waals surface area contributed by atoms with Crippen molar-refractivity contribution in [3.8, 4) is 5.75 Å². The van der Waals surface area contributed by atoms with Crippen LogP contribution in [0, 0.1) is 0 Å². The van der Waals surface area contributed by atoms with Crippen molar-refractivity contribution < 1.29 is 19.1 Å². The summed E-state index contributed by atoms with van der Waals surface area (Å²) in [6, 6.07) is 14.9. The molecule has 1 aliphatic rings. The number of hydrogen-bond acceptors (Lipinski definition) is 6. The second-order valence-electron chi connectivity index (χ2n) is 6.76. The average molecular weight is 476 g/mol. The van der Waals surface area contributed by atoms with Crippen LogP contribution in [0.5, 0.6) is 5.75 Å². The van der Waals surface area contributed by atoms with Crippen molar-refractivity contribution in [3.63, 3.8) is 0 Å². The first-order valence-electron chi connectivity index (χ1n) is 9.85. The van der Waals surface area contributed by atoms with E-state index in [1.165, 1.54) is 16.7 Å². The summed E-state index contributed by atoms with van der Waals surface area (Å²) in [6.45, 7) is 2.89. The van der Waals surface area contributed by atoms with Crippen molar-refractivity contribution >= 4 is 57.9 Å². The fourth-order valence-electron chi connectivity index (χ4n) is 2.80. The number of esters is 1. The summed E-state index contributed by atoms with van der Waals surface area (Å²) in [7, 11) is 0. The molecule has 0 spiro atoms. The summed E-state index contributed by atoms with van der Waals surface area (Å²) in [5, 5.41) is 0.671. The lowest BCUT2D eigenvalue weighted by Gasteiger charge is -2.13. The van der Waals surface area contributed by atoms with Gasteiger partial charge in [-0.25, -0.2) is 0 Å². The third-order valence-corrected chi connectivity index (χ3v) is 6.02. The van der Waals surface area contributed by atoms with Crippen molar-refractivity contribution in [1.82, 2.24) is 4.90 Å². The van der Waals surface area contributed by atoms with Crippen LogP contribution < -0.4 is 4.74 Å². The Balaban J connectivity index is 1.67. The summed E-state index contributed by atoms with van der Waals surface area (Å²) in [5.41, 5.74) is 1.76. The van der Waals surface area contributed by atoms with Gasteiger partial charge in [0.15, 0.2) is 0 Å². The molecule has 0 radical (unpaired) electrons. The van der Waals surface area contributed by atoms with Crippen LogP contribution in [-0.2, 0) is 20.9 Å². The van der Waals surface area contributed by atoms with Crippen LogP contribution in [0.25, 0.3) is 6.08 Å². The highest BCUT2D eigenvalue weighted by Gasteiger charge is 2.32. The summed E-state index contributed by atoms with van der Waals surface area (Å²) in [5.74, 6) is 0.109. The van der Waals surface area contributed by atoms with Gasteiger partial charge in [-0.2, -0.15) is 0 Å². The van der Waals surface area contributed by atoms with Gasteiger partial charge in [0.1, 0.15) is 16.7 Å². The molecule has 1 heterocycles. The average Bonchev–Trinajstić information content (AvgIpc) is 3.03. The molecule has 1 aliphatic heterocycles. The first-order valence-corrected chi connectivity index (χ1v) is 11.5. The highest BCUT2D eigenvalue weighted by molar-refractivity contribution is 8.26. The van der Waals surface area contributed by atoms with Crippen molar-refractivity contribution in [3.05, 3.63) is 69.6 Å². The first-order chi connectivity index (χ1) is 15.0. The quantitative estimate of drug-likeness (QED) is 0.272. The van der Waals surface area contributed by atoms with Crippen LogP contribution in [0.1, 0.15) is 30.9 Å². The molecular formula is C23H22ClNO4S2. The number of carbonyl (C=O) groups is 2. The Morgan fingerprint density at radius 2 is 1.94 bits per heavy atom. The molecular weight excluding hydrogens is 454 g/mol. The Labute approximate surface area is 196 Å². The lowest BCUT2D eigenvalue weighted by molar-refractivity contribution is -0.143. The van der Waals surface area contributed by atoms with E-state index in [1.54, 1.807) is 6.08 Å². The number of amides is 1. The fraction of sp³-hybridized carbons (Fsp3) is 0.261. The van der Waals surface area contributed by atoms with Crippen molar-refractivity contribution in [2.45, 2.75) is 26.4 Å². The molecule has 2 aromatic carbocycles. The molecule has 0 bridgehead atoms. The lowest BCUT2D eigenvalue weighted by Crippen LogP contribution is -2.30. The molecule has 31 heavy (non-hydrogen) atoms. The van der Waals surface area contributed by atoms with Gasteiger partial charge in [-0.15, -0.1) is 0 Å². The van der Waals surface area contributed by atoms with E-state index >= 15 is 0 Å². The van der Waals surface area contributed by atoms with Crippen LogP contribution in [0.2, 0.25) is 5.02 Å². The normalized spacial score (nSPS) is 14.9. The SMILES string of the molecule is CCCOC(=O)CCN1C(=O)/C(=C\c2ccccc2OCc2ccc(Cl)cc2)SC1=S. The van der Waals surface area contributed by atoms with E-state index in [4.69, 9.17) is 33.3 Å². The zero-order valence-electron chi connectivity index (χ0n) is 17.0. The van der Waals surface area contributed by atoms with Crippen LogP contribution in [-0.4, -0.2) is 34.2 Å². The minimum absolute atomic E-state index is 0.112. The van der Waals surface area contributed by atoms with Crippen LogP contribution >= 0.6 is 35.6 Å². The Morgan fingerprint density at radius 1 is 1.19 bits per heavy atom. The highest BCUT2D eigenvalue weighted by Crippen LogP contribution is 2.34. The number of rotatable bonds is 9. The van der Waals surface area contributed by atoms with Crippen LogP contribution in [0.4, 0.5) is 0 Å². The summed E-state index contributed by atoms with van der Waals surface area (Å²) in [6.07, 6.45) is 2.64. The number of halogens is 1. The van der Waals surface area contributed by atoms with Crippen molar-refractivity contribution in [1.29, 1.82) is 0 Å². The fourth-order valence-corrected chi connectivity index (χ4v) is 4.22. The number of nitrogens with zero attached hydrogens (tertiary/aromatic N) is 1. The molecule has 1 saturated heterocycles. The number of carbonyl (C=O) groups excluding carboxylic acids is 2. The maximum atomic E-state index is 12.8. The summed E-state index contributed by atoms with van der Waals surface area (Å²) < 4.78 is 11.5. The van der Waals surface area contributed by atoms with Gasteiger partial charge in [0, 0.05) is 17.1 Å². The van der Waals surface area contributed by atoms with Gasteiger partial charge in [0.25, 0.3) is 5.91 Å². The molecule has 3 rings (SSSR count). The number of ether oxygens (including phenoxy) is 2. The maximum absolute atomic E-state index is 12.8. The van der Waals surface area contributed by atoms with E-state index < -0.39 is 0 Å². The number of benzene rings is 2. The van der Waals surface area contributed by atoms with Crippen molar-refractivity contribution in [2.75, 3.05) is 13.2 Å². The lowest BCUT2D eigenvalue weighted by atomic mass is 10.1. The molecule has 8 heteroatoms. The molecule has 0 N–H and O–H groups in total. The molecule has 0 atom stereocenters. The monoisotopic (exact) mass is 475 g/mol. The van der Waals surface area contributed by atoms with Gasteiger partial charge in [-0.05, 0) is 36.3 Å².